The standard InChI is InChI=1S/C11H10F3NO/c1-8(11(12,13)14)10(16)15-7-9-5-3-2-4-6-9/h2-6H,1,7H2,(H,15,16). The van der Waals surface area contributed by atoms with Crippen molar-refractivity contribution in [1.82, 2.24) is 5.32 Å². The third kappa shape index (κ3) is 3.42. The van der Waals surface area contributed by atoms with E-state index in [0.29, 0.717) is 0 Å². The Bertz CT molecular complexity index is 384. The van der Waals surface area contributed by atoms with Gasteiger partial charge in [0.2, 0.25) is 0 Å². The summed E-state index contributed by atoms with van der Waals surface area (Å²) in [5.74, 6) is -1.20. The van der Waals surface area contributed by atoms with Crippen LogP contribution >= 0.6 is 0 Å². The van der Waals surface area contributed by atoms with E-state index in [1.54, 1.807) is 30.3 Å². The Balaban J connectivity index is 2.51. The first-order valence-electron chi connectivity index (χ1n) is 4.49. The van der Waals surface area contributed by atoms with Crippen molar-refractivity contribution in [1.29, 1.82) is 0 Å². The van der Waals surface area contributed by atoms with Crippen molar-refractivity contribution in [2.45, 2.75) is 12.7 Å². The van der Waals surface area contributed by atoms with Crippen molar-refractivity contribution in [2.75, 3.05) is 0 Å². The third-order valence-electron chi connectivity index (χ3n) is 1.91. The summed E-state index contributed by atoms with van der Waals surface area (Å²) in [6.07, 6.45) is -4.68. The molecule has 16 heavy (non-hydrogen) atoms. The molecule has 0 saturated heterocycles. The van der Waals surface area contributed by atoms with E-state index in [1.807, 2.05) is 0 Å². The van der Waals surface area contributed by atoms with Crippen LogP contribution in [-0.4, -0.2) is 12.1 Å². The van der Waals surface area contributed by atoms with E-state index in [1.165, 1.54) is 0 Å². The van der Waals surface area contributed by atoms with Crippen LogP contribution in [0.15, 0.2) is 42.5 Å². The minimum absolute atomic E-state index is 0.0504. The van der Waals surface area contributed by atoms with Crippen LogP contribution in [0.1, 0.15) is 5.56 Å². The van der Waals surface area contributed by atoms with Crippen molar-refractivity contribution >= 4 is 5.91 Å². The van der Waals surface area contributed by atoms with Crippen LogP contribution in [-0.2, 0) is 11.3 Å². The molecule has 1 aromatic rings. The summed E-state index contributed by atoms with van der Waals surface area (Å²) in [6, 6.07) is 8.66. The maximum Gasteiger partial charge on any atom is 0.421 e. The lowest BCUT2D eigenvalue weighted by atomic mass is 10.2. The molecular weight excluding hydrogens is 219 g/mol. The largest absolute Gasteiger partial charge is 0.421 e. The molecule has 5 heteroatoms. The molecule has 0 heterocycles. The second-order valence-electron chi connectivity index (χ2n) is 3.14. The quantitative estimate of drug-likeness (QED) is 0.792. The van der Waals surface area contributed by atoms with Gasteiger partial charge in [0, 0.05) is 6.54 Å². The zero-order valence-corrected chi connectivity index (χ0v) is 8.34. The van der Waals surface area contributed by atoms with Crippen LogP contribution in [0.25, 0.3) is 0 Å². The number of hydrogen-bond donors (Lipinski definition) is 1. The zero-order valence-electron chi connectivity index (χ0n) is 8.34. The highest BCUT2D eigenvalue weighted by Crippen LogP contribution is 2.23. The van der Waals surface area contributed by atoms with Gasteiger partial charge in [-0.3, -0.25) is 4.79 Å². The monoisotopic (exact) mass is 229 g/mol. The fraction of sp³-hybridized carbons (Fsp3) is 0.182. The highest BCUT2D eigenvalue weighted by Gasteiger charge is 2.36. The zero-order chi connectivity index (χ0) is 12.2. The first-order valence-corrected chi connectivity index (χ1v) is 4.49. The lowest BCUT2D eigenvalue weighted by molar-refractivity contribution is -0.130. The molecule has 0 aliphatic heterocycles. The Hall–Kier alpha value is -1.78. The molecule has 1 aromatic carbocycles. The van der Waals surface area contributed by atoms with E-state index in [9.17, 15) is 18.0 Å². The average Bonchev–Trinajstić information content (AvgIpc) is 2.25. The minimum atomic E-state index is -4.68. The van der Waals surface area contributed by atoms with E-state index in [4.69, 9.17) is 0 Å². The number of benzene rings is 1. The Morgan fingerprint density at radius 1 is 1.25 bits per heavy atom. The number of halogens is 3. The molecule has 86 valence electrons. The maximum atomic E-state index is 12.1. The molecule has 0 unspecified atom stereocenters. The van der Waals surface area contributed by atoms with Gasteiger partial charge in [0.05, 0.1) is 0 Å². The van der Waals surface area contributed by atoms with E-state index >= 15 is 0 Å². The number of carbonyl (C=O) groups is 1. The van der Waals surface area contributed by atoms with E-state index in [-0.39, 0.29) is 6.54 Å². The second-order valence-corrected chi connectivity index (χ2v) is 3.14. The summed E-state index contributed by atoms with van der Waals surface area (Å²) in [5.41, 5.74) is -0.658. The predicted molar refractivity (Wildman–Crippen MR) is 53.5 cm³/mol. The van der Waals surface area contributed by atoms with Crippen molar-refractivity contribution < 1.29 is 18.0 Å². The van der Waals surface area contributed by atoms with Crippen LogP contribution < -0.4 is 5.32 Å². The Morgan fingerprint density at radius 3 is 2.31 bits per heavy atom. The van der Waals surface area contributed by atoms with Crippen LogP contribution in [0.3, 0.4) is 0 Å². The normalized spacial score (nSPS) is 10.9. The number of alkyl halides is 3. The Labute approximate surface area is 90.8 Å². The van der Waals surface area contributed by atoms with Crippen molar-refractivity contribution in [3.05, 3.63) is 48.0 Å². The van der Waals surface area contributed by atoms with E-state index in [2.05, 4.69) is 11.9 Å². The maximum absolute atomic E-state index is 12.1. The minimum Gasteiger partial charge on any atom is -0.348 e. The highest BCUT2D eigenvalue weighted by atomic mass is 19.4. The number of nitrogens with one attached hydrogen (secondary N) is 1. The van der Waals surface area contributed by atoms with Gasteiger partial charge in [0.1, 0.15) is 5.57 Å². The fourth-order valence-corrected chi connectivity index (χ4v) is 1.01. The molecule has 0 aromatic heterocycles. The molecule has 0 radical (unpaired) electrons. The van der Waals surface area contributed by atoms with Gasteiger partial charge in [0.25, 0.3) is 5.91 Å². The van der Waals surface area contributed by atoms with Gasteiger partial charge in [-0.1, -0.05) is 36.9 Å². The molecule has 1 N–H and O–H groups in total. The van der Waals surface area contributed by atoms with Crippen LogP contribution in [0.4, 0.5) is 13.2 Å². The molecule has 0 saturated carbocycles. The van der Waals surface area contributed by atoms with Gasteiger partial charge < -0.3 is 5.32 Å². The summed E-state index contributed by atoms with van der Waals surface area (Å²) >= 11 is 0. The third-order valence-corrected chi connectivity index (χ3v) is 1.91. The number of carbonyl (C=O) groups excluding carboxylic acids is 1. The number of amides is 1. The average molecular weight is 229 g/mol. The fourth-order valence-electron chi connectivity index (χ4n) is 1.01. The number of hydrogen-bond acceptors (Lipinski definition) is 1. The summed E-state index contributed by atoms with van der Waals surface area (Å²) in [5, 5.41) is 2.15. The Kier molecular flexibility index (Phi) is 3.71. The van der Waals surface area contributed by atoms with Gasteiger partial charge in [-0.2, -0.15) is 13.2 Å². The predicted octanol–water partition coefficient (Wildman–Crippen LogP) is 2.42. The highest BCUT2D eigenvalue weighted by molar-refractivity contribution is 5.93. The molecule has 0 aliphatic carbocycles. The van der Waals surface area contributed by atoms with Gasteiger partial charge in [-0.05, 0) is 5.56 Å². The molecule has 0 atom stereocenters. The molecule has 0 bridgehead atoms. The second kappa shape index (κ2) is 4.83. The van der Waals surface area contributed by atoms with Crippen LogP contribution in [0.2, 0.25) is 0 Å². The van der Waals surface area contributed by atoms with Gasteiger partial charge in [-0.25, -0.2) is 0 Å². The summed E-state index contributed by atoms with van der Waals surface area (Å²) < 4.78 is 36.2. The van der Waals surface area contributed by atoms with Gasteiger partial charge in [0.15, 0.2) is 0 Å². The van der Waals surface area contributed by atoms with Gasteiger partial charge in [-0.15, -0.1) is 0 Å². The molecule has 2 nitrogen and oxygen atoms in total. The van der Waals surface area contributed by atoms with Crippen LogP contribution in [0.5, 0.6) is 0 Å². The van der Waals surface area contributed by atoms with Crippen molar-refractivity contribution in [2.24, 2.45) is 0 Å². The molecule has 1 amide bonds. The SMILES string of the molecule is C=C(C(=O)NCc1ccccc1)C(F)(F)F. The summed E-state index contributed by atoms with van der Waals surface area (Å²) in [4.78, 5) is 11.0. The first-order chi connectivity index (χ1) is 7.41. The summed E-state index contributed by atoms with van der Waals surface area (Å²) in [7, 11) is 0. The molecular formula is C11H10F3NO. The topological polar surface area (TPSA) is 29.1 Å². The first kappa shape index (κ1) is 12.3. The smallest absolute Gasteiger partial charge is 0.348 e. The molecule has 0 spiro atoms. The number of rotatable bonds is 3. The molecule has 0 fully saturated rings. The van der Waals surface area contributed by atoms with Crippen molar-refractivity contribution in [3.63, 3.8) is 0 Å². The lowest BCUT2D eigenvalue weighted by Gasteiger charge is -2.10. The van der Waals surface area contributed by atoms with Gasteiger partial charge >= 0.3 is 6.18 Å². The lowest BCUT2D eigenvalue weighted by Crippen LogP contribution is -2.30. The summed E-state index contributed by atoms with van der Waals surface area (Å²) in [6.45, 7) is 2.75. The van der Waals surface area contributed by atoms with E-state index in [0.717, 1.165) is 5.56 Å². The van der Waals surface area contributed by atoms with Crippen LogP contribution in [0, 0.1) is 0 Å². The Morgan fingerprint density at radius 2 is 1.81 bits per heavy atom. The molecule has 1 rings (SSSR count). The molecule has 0 aliphatic rings. The van der Waals surface area contributed by atoms with E-state index < -0.39 is 17.7 Å². The van der Waals surface area contributed by atoms with Crippen molar-refractivity contribution in [3.8, 4) is 0 Å².